The third-order valence-electron chi connectivity index (χ3n) is 8.31. The minimum Gasteiger partial charge on any atom is -0.457 e. The zero-order chi connectivity index (χ0) is 32.6. The van der Waals surface area contributed by atoms with E-state index >= 15 is 0 Å². The second-order valence-electron chi connectivity index (χ2n) is 11.6. The van der Waals surface area contributed by atoms with Crippen LogP contribution in [-0.2, 0) is 21.7 Å². The van der Waals surface area contributed by atoms with Gasteiger partial charge in [-0.2, -0.15) is 5.26 Å². The Morgan fingerprint density at radius 2 is 1.49 bits per heavy atom. The van der Waals surface area contributed by atoms with Crippen molar-refractivity contribution in [3.63, 3.8) is 0 Å². The molecule has 5 aromatic rings. The van der Waals surface area contributed by atoms with Crippen molar-refractivity contribution in [1.29, 1.82) is 5.26 Å². The lowest BCUT2D eigenvalue weighted by Gasteiger charge is -2.42. The molecule has 0 unspecified atom stereocenters. The van der Waals surface area contributed by atoms with E-state index in [1.165, 1.54) is 0 Å². The Morgan fingerprint density at radius 1 is 0.787 bits per heavy atom. The average molecular weight is 663 g/mol. The maximum atomic E-state index is 13.0. The van der Waals surface area contributed by atoms with Crippen LogP contribution in [0.1, 0.15) is 29.5 Å². The lowest BCUT2D eigenvalue weighted by atomic mass is 9.83. The van der Waals surface area contributed by atoms with Crippen LogP contribution in [-0.4, -0.2) is 30.5 Å². The number of nitrogens with one attached hydrogen (secondary N) is 1. The number of para-hydroxylation sites is 1. The minimum absolute atomic E-state index is 0.130. The van der Waals surface area contributed by atoms with Gasteiger partial charge in [0.25, 0.3) is 0 Å². The van der Waals surface area contributed by atoms with Crippen molar-refractivity contribution in [1.82, 2.24) is 4.90 Å². The summed E-state index contributed by atoms with van der Waals surface area (Å²) in [6.45, 7) is 2.20. The number of nitrogens with zero attached hydrogens (tertiary/aromatic N) is 2. The van der Waals surface area contributed by atoms with E-state index in [-0.39, 0.29) is 12.5 Å². The highest BCUT2D eigenvalue weighted by Gasteiger charge is 2.38. The summed E-state index contributed by atoms with van der Waals surface area (Å²) < 4.78 is 12.6. The summed E-state index contributed by atoms with van der Waals surface area (Å²) in [6, 6.07) is 40.9. The number of carbonyl (C=O) groups is 1. The zero-order valence-corrected chi connectivity index (χ0v) is 27.2. The van der Waals surface area contributed by atoms with Crippen LogP contribution < -0.4 is 10.1 Å². The van der Waals surface area contributed by atoms with Crippen molar-refractivity contribution < 1.29 is 14.3 Å². The molecule has 1 saturated heterocycles. The molecule has 0 aromatic heterocycles. The average Bonchev–Trinajstić information content (AvgIpc) is 3.08. The highest BCUT2D eigenvalue weighted by molar-refractivity contribution is 6.35. The fraction of sp³-hybridized carbons (Fsp3) is 0.179. The van der Waals surface area contributed by atoms with Gasteiger partial charge in [-0.05, 0) is 89.7 Å². The molecule has 0 aliphatic carbocycles. The molecule has 1 aliphatic rings. The van der Waals surface area contributed by atoms with E-state index < -0.39 is 5.60 Å². The smallest absolute Gasteiger partial charge is 0.250 e. The van der Waals surface area contributed by atoms with Gasteiger partial charge in [0.15, 0.2) is 0 Å². The van der Waals surface area contributed by atoms with Crippen LogP contribution in [0.25, 0.3) is 11.1 Å². The maximum absolute atomic E-state index is 13.0. The second kappa shape index (κ2) is 14.8. The molecule has 236 valence electrons. The van der Waals surface area contributed by atoms with E-state index in [0.29, 0.717) is 34.1 Å². The predicted molar refractivity (Wildman–Crippen MR) is 187 cm³/mol. The summed E-state index contributed by atoms with van der Waals surface area (Å²) in [5, 5.41) is 13.1. The third kappa shape index (κ3) is 8.40. The quantitative estimate of drug-likeness (QED) is 0.161. The summed E-state index contributed by atoms with van der Waals surface area (Å²) >= 11 is 12.3. The van der Waals surface area contributed by atoms with Gasteiger partial charge in [-0.1, -0.05) is 89.9 Å². The number of piperidine rings is 1. The number of halogens is 2. The van der Waals surface area contributed by atoms with Gasteiger partial charge >= 0.3 is 0 Å². The Hall–Kier alpha value is -4.64. The number of carbonyl (C=O) groups excluding carboxylic acids is 1. The molecule has 0 bridgehead atoms. The van der Waals surface area contributed by atoms with Gasteiger partial charge in [0.1, 0.15) is 18.1 Å². The standard InChI is InChI=1S/C39H33Cl2N3O3/c40-33-22-34(41)24-35(23-33)43-38(45)27-46-39(32-14-12-30(13-15-32)31-8-4-6-28(20-31)25-42)16-18-44(19-17-39)26-29-7-5-11-37(21-29)47-36-9-2-1-3-10-36/h1-15,20-24H,16-19,26-27H2,(H,43,45). The van der Waals surface area contributed by atoms with Gasteiger partial charge in [-0.3, -0.25) is 9.69 Å². The molecule has 1 aliphatic heterocycles. The number of hydrogen-bond donors (Lipinski definition) is 1. The fourth-order valence-electron chi connectivity index (χ4n) is 5.94. The van der Waals surface area contributed by atoms with Crippen molar-refractivity contribution in [2.75, 3.05) is 25.0 Å². The molecular weight excluding hydrogens is 629 g/mol. The first kappa shape index (κ1) is 32.3. The van der Waals surface area contributed by atoms with Crippen LogP contribution in [0, 0.1) is 11.3 Å². The Labute approximate surface area is 285 Å². The predicted octanol–water partition coefficient (Wildman–Crippen LogP) is 9.47. The Balaban J connectivity index is 1.17. The molecule has 1 N–H and O–H groups in total. The molecule has 0 saturated carbocycles. The zero-order valence-electron chi connectivity index (χ0n) is 25.7. The van der Waals surface area contributed by atoms with Gasteiger partial charge in [-0.25, -0.2) is 0 Å². The third-order valence-corrected chi connectivity index (χ3v) is 8.75. The molecule has 47 heavy (non-hydrogen) atoms. The molecule has 1 heterocycles. The molecule has 0 spiro atoms. The summed E-state index contributed by atoms with van der Waals surface area (Å²) in [6.07, 6.45) is 1.40. The number of rotatable bonds is 10. The van der Waals surface area contributed by atoms with Crippen molar-refractivity contribution in [3.8, 4) is 28.7 Å². The topological polar surface area (TPSA) is 74.6 Å². The first-order valence-electron chi connectivity index (χ1n) is 15.4. The summed E-state index contributed by atoms with van der Waals surface area (Å²) in [5.41, 5.74) is 4.62. The van der Waals surface area contributed by atoms with Crippen LogP contribution in [0.5, 0.6) is 11.5 Å². The molecule has 6 nitrogen and oxygen atoms in total. The maximum Gasteiger partial charge on any atom is 0.250 e. The molecule has 0 radical (unpaired) electrons. The molecule has 8 heteroatoms. The number of benzene rings is 5. The Kier molecular flexibility index (Phi) is 10.2. The SMILES string of the molecule is N#Cc1cccc(-c2ccc(C3(OCC(=O)Nc4cc(Cl)cc(Cl)c4)CCN(Cc4cccc(Oc5ccccc5)c4)CC3)cc2)c1. The Morgan fingerprint density at radius 3 is 2.21 bits per heavy atom. The van der Waals surface area contributed by atoms with Crippen LogP contribution in [0.4, 0.5) is 5.69 Å². The number of likely N-dealkylation sites (tertiary alicyclic amines) is 1. The first-order valence-corrected chi connectivity index (χ1v) is 16.2. The van der Waals surface area contributed by atoms with Gasteiger partial charge in [0.2, 0.25) is 5.91 Å². The fourth-order valence-corrected chi connectivity index (χ4v) is 6.47. The molecule has 1 amide bonds. The van der Waals surface area contributed by atoms with E-state index in [2.05, 4.69) is 52.7 Å². The highest BCUT2D eigenvalue weighted by Crippen LogP contribution is 2.38. The summed E-state index contributed by atoms with van der Waals surface area (Å²) in [5.74, 6) is 1.32. The van der Waals surface area contributed by atoms with Gasteiger partial charge < -0.3 is 14.8 Å². The monoisotopic (exact) mass is 661 g/mol. The van der Waals surface area contributed by atoms with Crippen LogP contribution in [0.3, 0.4) is 0 Å². The van der Waals surface area contributed by atoms with Gasteiger partial charge in [-0.15, -0.1) is 0 Å². The molecule has 1 fully saturated rings. The van der Waals surface area contributed by atoms with Crippen LogP contribution in [0.2, 0.25) is 10.0 Å². The van der Waals surface area contributed by atoms with E-state index in [1.807, 2.05) is 60.7 Å². The van der Waals surface area contributed by atoms with Gasteiger partial charge in [0.05, 0.1) is 17.2 Å². The normalized spacial score (nSPS) is 14.2. The van der Waals surface area contributed by atoms with E-state index in [9.17, 15) is 10.1 Å². The van der Waals surface area contributed by atoms with Crippen molar-refractivity contribution >= 4 is 34.8 Å². The summed E-state index contributed by atoms with van der Waals surface area (Å²) in [4.78, 5) is 15.5. The number of amides is 1. The minimum atomic E-state index is -0.662. The van der Waals surface area contributed by atoms with E-state index in [1.54, 1.807) is 24.3 Å². The molecule has 5 aromatic carbocycles. The van der Waals surface area contributed by atoms with Crippen LogP contribution >= 0.6 is 23.2 Å². The number of nitriles is 1. The number of ether oxygens (including phenoxy) is 2. The lowest BCUT2D eigenvalue weighted by molar-refractivity contribution is -0.135. The number of hydrogen-bond acceptors (Lipinski definition) is 5. The molecular formula is C39H33Cl2N3O3. The van der Waals surface area contributed by atoms with Crippen molar-refractivity contribution in [3.05, 3.63) is 148 Å². The molecule has 0 atom stereocenters. The highest BCUT2D eigenvalue weighted by atomic mass is 35.5. The summed E-state index contributed by atoms with van der Waals surface area (Å²) in [7, 11) is 0. The number of anilines is 1. The Bertz CT molecular complexity index is 1860. The van der Waals surface area contributed by atoms with Gasteiger partial charge in [0, 0.05) is 35.4 Å². The van der Waals surface area contributed by atoms with Crippen LogP contribution in [0.15, 0.2) is 121 Å². The molecule has 6 rings (SSSR count). The first-order chi connectivity index (χ1) is 22.9. The van der Waals surface area contributed by atoms with E-state index in [4.69, 9.17) is 32.7 Å². The largest absolute Gasteiger partial charge is 0.457 e. The van der Waals surface area contributed by atoms with E-state index in [0.717, 1.165) is 53.4 Å². The second-order valence-corrected chi connectivity index (χ2v) is 12.5. The van der Waals surface area contributed by atoms with Crippen molar-refractivity contribution in [2.45, 2.75) is 25.0 Å². The van der Waals surface area contributed by atoms with Crippen molar-refractivity contribution in [2.24, 2.45) is 0 Å². The lowest BCUT2D eigenvalue weighted by Crippen LogP contribution is -2.45.